The normalized spacial score (nSPS) is 30.5. The number of amides is 2. The molecule has 0 aromatic carbocycles. The molecule has 3 fully saturated rings. The van der Waals surface area contributed by atoms with Gasteiger partial charge in [0.2, 0.25) is 0 Å². The minimum absolute atomic E-state index is 0.0847. The van der Waals surface area contributed by atoms with Crippen LogP contribution >= 0.6 is 11.5 Å². The Labute approximate surface area is 137 Å². The predicted octanol–water partition coefficient (Wildman–Crippen LogP) is 0.322. The van der Waals surface area contributed by atoms with Crippen LogP contribution in [0, 0.1) is 5.92 Å². The van der Waals surface area contributed by atoms with E-state index in [1.54, 1.807) is 10.3 Å². The Balaban J connectivity index is 1.38. The Bertz CT molecular complexity index is 590. The van der Waals surface area contributed by atoms with Crippen molar-refractivity contribution in [3.8, 4) is 0 Å². The van der Waals surface area contributed by atoms with Crippen LogP contribution in [0.3, 0.4) is 0 Å². The number of aromatic nitrogens is 2. The van der Waals surface area contributed by atoms with Gasteiger partial charge in [0.05, 0.1) is 19.3 Å². The number of nitrogens with zero attached hydrogens (tertiary/aromatic N) is 4. The van der Waals surface area contributed by atoms with Gasteiger partial charge >= 0.3 is 0 Å². The van der Waals surface area contributed by atoms with Gasteiger partial charge in [0, 0.05) is 18.5 Å². The molecule has 3 atom stereocenters. The van der Waals surface area contributed by atoms with Crippen LogP contribution in [0.25, 0.3) is 0 Å². The molecule has 2 amide bonds. The van der Waals surface area contributed by atoms with Gasteiger partial charge in [-0.15, -0.1) is 5.10 Å². The summed E-state index contributed by atoms with van der Waals surface area (Å²) >= 11 is 1.17. The fraction of sp³-hybridized carbons (Fsp3) is 0.714. The zero-order valence-corrected chi connectivity index (χ0v) is 13.4. The van der Waals surface area contributed by atoms with Crippen molar-refractivity contribution in [2.45, 2.75) is 31.5 Å². The fourth-order valence-electron chi connectivity index (χ4n) is 3.48. The van der Waals surface area contributed by atoms with Crippen LogP contribution in [0.2, 0.25) is 0 Å². The SMILES string of the molecule is O=C(c1csnn1)N1CC[C@H]2C[C@H](C(=O)N3CCCO3)O[C@@H]2C1. The van der Waals surface area contributed by atoms with E-state index in [0.717, 1.165) is 12.8 Å². The summed E-state index contributed by atoms with van der Waals surface area (Å²) in [6, 6.07) is 0. The molecule has 1 aromatic rings. The molecule has 9 heteroatoms. The first-order chi connectivity index (χ1) is 11.2. The first-order valence-electron chi connectivity index (χ1n) is 7.88. The average molecular weight is 338 g/mol. The molecule has 0 spiro atoms. The van der Waals surface area contributed by atoms with E-state index < -0.39 is 6.10 Å². The van der Waals surface area contributed by atoms with Gasteiger partial charge in [-0.05, 0) is 36.7 Å². The molecule has 23 heavy (non-hydrogen) atoms. The molecule has 0 N–H and O–H groups in total. The number of carbonyl (C=O) groups is 2. The summed E-state index contributed by atoms with van der Waals surface area (Å²) in [6.07, 6.45) is 1.90. The lowest BCUT2D eigenvalue weighted by molar-refractivity contribution is -0.180. The molecule has 4 heterocycles. The van der Waals surface area contributed by atoms with Crippen LogP contribution in [0.4, 0.5) is 0 Å². The van der Waals surface area contributed by atoms with E-state index in [0.29, 0.717) is 44.3 Å². The quantitative estimate of drug-likeness (QED) is 0.772. The van der Waals surface area contributed by atoms with Crippen LogP contribution in [0.1, 0.15) is 29.8 Å². The van der Waals surface area contributed by atoms with Crippen molar-refractivity contribution in [2.24, 2.45) is 5.92 Å². The number of likely N-dealkylation sites (tertiary alicyclic amines) is 1. The molecular weight excluding hydrogens is 320 g/mol. The third-order valence-corrected chi connectivity index (χ3v) is 5.20. The highest BCUT2D eigenvalue weighted by atomic mass is 32.1. The zero-order valence-electron chi connectivity index (χ0n) is 12.6. The van der Waals surface area contributed by atoms with Crippen LogP contribution in [-0.2, 0) is 14.4 Å². The van der Waals surface area contributed by atoms with Crippen molar-refractivity contribution in [3.05, 3.63) is 11.1 Å². The summed E-state index contributed by atoms with van der Waals surface area (Å²) in [5, 5.41) is 6.91. The summed E-state index contributed by atoms with van der Waals surface area (Å²) in [4.78, 5) is 31.8. The lowest BCUT2D eigenvalue weighted by atomic mass is 9.91. The van der Waals surface area contributed by atoms with E-state index in [4.69, 9.17) is 9.57 Å². The molecule has 0 unspecified atom stereocenters. The van der Waals surface area contributed by atoms with Gasteiger partial charge in [-0.25, -0.2) is 5.06 Å². The first-order valence-corrected chi connectivity index (χ1v) is 8.72. The molecule has 0 aliphatic carbocycles. The van der Waals surface area contributed by atoms with Crippen LogP contribution < -0.4 is 0 Å². The molecule has 8 nitrogen and oxygen atoms in total. The maximum Gasteiger partial charge on any atom is 0.275 e. The maximum atomic E-state index is 12.4. The molecule has 3 saturated heterocycles. The average Bonchev–Trinajstić information content (AvgIpc) is 3.33. The van der Waals surface area contributed by atoms with Gasteiger partial charge in [0.15, 0.2) is 5.69 Å². The molecular formula is C14H18N4O4S. The second kappa shape index (κ2) is 6.14. The number of fused-ring (bicyclic) bond motifs is 1. The number of rotatable bonds is 2. The topological polar surface area (TPSA) is 84.9 Å². The standard InChI is InChI=1S/C14H18N4O4S/c19-13(10-8-23-16-15-10)17-4-2-9-6-11(22-12(9)7-17)14(20)18-3-1-5-21-18/h8-9,11-12H,1-7H2/t9-,11+,12+/m0/s1. The van der Waals surface area contributed by atoms with E-state index in [-0.39, 0.29) is 17.9 Å². The smallest absolute Gasteiger partial charge is 0.275 e. The number of carbonyl (C=O) groups excluding carboxylic acids is 2. The third kappa shape index (κ3) is 2.84. The predicted molar refractivity (Wildman–Crippen MR) is 79.5 cm³/mol. The Morgan fingerprint density at radius 1 is 1.35 bits per heavy atom. The Morgan fingerprint density at radius 3 is 3.00 bits per heavy atom. The van der Waals surface area contributed by atoms with Crippen molar-refractivity contribution in [3.63, 3.8) is 0 Å². The largest absolute Gasteiger partial charge is 0.363 e. The van der Waals surface area contributed by atoms with Crippen molar-refractivity contribution >= 4 is 23.3 Å². The molecule has 1 aromatic heterocycles. The molecule has 3 aliphatic heterocycles. The number of hydrogen-bond acceptors (Lipinski definition) is 7. The minimum Gasteiger partial charge on any atom is -0.363 e. The highest BCUT2D eigenvalue weighted by Gasteiger charge is 2.44. The summed E-state index contributed by atoms with van der Waals surface area (Å²) in [6.45, 7) is 2.40. The number of piperidine rings is 1. The summed E-state index contributed by atoms with van der Waals surface area (Å²) in [5.41, 5.74) is 0.379. The molecule has 0 radical (unpaired) electrons. The van der Waals surface area contributed by atoms with Crippen molar-refractivity contribution < 1.29 is 19.2 Å². The first kappa shape index (κ1) is 15.0. The van der Waals surface area contributed by atoms with Gasteiger partial charge < -0.3 is 9.64 Å². The Morgan fingerprint density at radius 2 is 2.26 bits per heavy atom. The van der Waals surface area contributed by atoms with E-state index in [9.17, 15) is 9.59 Å². The van der Waals surface area contributed by atoms with Gasteiger partial charge in [-0.1, -0.05) is 4.49 Å². The van der Waals surface area contributed by atoms with E-state index in [1.165, 1.54) is 16.6 Å². The van der Waals surface area contributed by atoms with Crippen molar-refractivity contribution in [1.82, 2.24) is 19.6 Å². The maximum absolute atomic E-state index is 12.4. The van der Waals surface area contributed by atoms with Gasteiger partial charge in [-0.3, -0.25) is 14.4 Å². The lowest BCUT2D eigenvalue weighted by Gasteiger charge is -2.33. The van der Waals surface area contributed by atoms with Gasteiger partial charge in [-0.2, -0.15) is 0 Å². The third-order valence-electron chi connectivity index (χ3n) is 4.69. The van der Waals surface area contributed by atoms with Crippen molar-refractivity contribution in [2.75, 3.05) is 26.2 Å². The highest BCUT2D eigenvalue weighted by Crippen LogP contribution is 2.34. The van der Waals surface area contributed by atoms with Crippen LogP contribution in [0.5, 0.6) is 0 Å². The monoisotopic (exact) mass is 338 g/mol. The van der Waals surface area contributed by atoms with Gasteiger partial charge in [0.1, 0.15) is 6.10 Å². The minimum atomic E-state index is -0.445. The zero-order chi connectivity index (χ0) is 15.8. The summed E-state index contributed by atoms with van der Waals surface area (Å²) in [5.74, 6) is 0.126. The van der Waals surface area contributed by atoms with Crippen LogP contribution in [0.15, 0.2) is 5.38 Å². The fourth-order valence-corrected chi connectivity index (χ4v) is 3.91. The second-order valence-electron chi connectivity index (χ2n) is 6.12. The summed E-state index contributed by atoms with van der Waals surface area (Å²) < 4.78 is 9.67. The van der Waals surface area contributed by atoms with Gasteiger partial charge in [0.25, 0.3) is 11.8 Å². The molecule has 4 rings (SSSR count). The molecule has 3 aliphatic rings. The molecule has 124 valence electrons. The van der Waals surface area contributed by atoms with E-state index in [2.05, 4.69) is 9.59 Å². The summed E-state index contributed by atoms with van der Waals surface area (Å²) in [7, 11) is 0. The molecule has 0 saturated carbocycles. The highest BCUT2D eigenvalue weighted by molar-refractivity contribution is 7.03. The Kier molecular flexibility index (Phi) is 4.00. The Hall–Kier alpha value is -1.58. The van der Waals surface area contributed by atoms with Crippen LogP contribution in [-0.4, -0.2) is 69.8 Å². The van der Waals surface area contributed by atoms with E-state index >= 15 is 0 Å². The van der Waals surface area contributed by atoms with E-state index in [1.807, 2.05) is 0 Å². The number of hydroxylamine groups is 2. The number of hydrogen-bond donors (Lipinski definition) is 0. The second-order valence-corrected chi connectivity index (χ2v) is 6.73. The number of ether oxygens (including phenoxy) is 1. The lowest BCUT2D eigenvalue weighted by Crippen LogP contribution is -2.45. The molecule has 0 bridgehead atoms. The van der Waals surface area contributed by atoms with Crippen molar-refractivity contribution in [1.29, 1.82) is 0 Å².